The van der Waals surface area contributed by atoms with E-state index in [0.29, 0.717) is 5.56 Å². The number of carbonyl (C=O) groups excluding carboxylic acids is 1. The van der Waals surface area contributed by atoms with E-state index in [1.54, 1.807) is 25.3 Å². The summed E-state index contributed by atoms with van der Waals surface area (Å²) in [5.74, 6) is -1.06. The van der Waals surface area contributed by atoms with Gasteiger partial charge in [-0.1, -0.05) is 18.0 Å². The fraction of sp³-hybridized carbons (Fsp3) is 0.412. The molecule has 0 spiro atoms. The number of amides is 1. The van der Waals surface area contributed by atoms with E-state index in [9.17, 15) is 14.7 Å². The van der Waals surface area contributed by atoms with Crippen molar-refractivity contribution in [3.63, 3.8) is 0 Å². The lowest BCUT2D eigenvalue weighted by atomic mass is 10.0. The molecule has 2 N–H and O–H groups in total. The van der Waals surface area contributed by atoms with Crippen molar-refractivity contribution in [1.82, 2.24) is 15.5 Å². The van der Waals surface area contributed by atoms with Crippen LogP contribution < -0.4 is 5.32 Å². The van der Waals surface area contributed by atoms with Crippen LogP contribution >= 0.6 is 0 Å². The Morgan fingerprint density at radius 1 is 1.38 bits per heavy atom. The molecule has 0 saturated heterocycles. The first kappa shape index (κ1) is 16.2. The van der Waals surface area contributed by atoms with Gasteiger partial charge >= 0.3 is 5.97 Å². The summed E-state index contributed by atoms with van der Waals surface area (Å²) < 4.78 is 5.26. The van der Waals surface area contributed by atoms with Crippen LogP contribution in [0.3, 0.4) is 0 Å². The van der Waals surface area contributed by atoms with Gasteiger partial charge in [0.15, 0.2) is 5.76 Å². The van der Waals surface area contributed by atoms with Gasteiger partial charge in [0.2, 0.25) is 5.91 Å². The van der Waals surface area contributed by atoms with Crippen molar-refractivity contribution in [3.8, 4) is 11.3 Å². The number of nitrogens with zero attached hydrogens (tertiary/aromatic N) is 2. The third-order valence-electron chi connectivity index (χ3n) is 4.35. The van der Waals surface area contributed by atoms with Gasteiger partial charge in [0.1, 0.15) is 11.3 Å². The van der Waals surface area contributed by atoms with Gasteiger partial charge < -0.3 is 14.9 Å². The second-order valence-electron chi connectivity index (χ2n) is 6.03. The summed E-state index contributed by atoms with van der Waals surface area (Å²) in [6.07, 6.45) is 6.98. The molecule has 1 atom stereocenters. The van der Waals surface area contributed by atoms with Crippen LogP contribution in [-0.2, 0) is 4.79 Å². The highest BCUT2D eigenvalue weighted by molar-refractivity contribution is 5.96. The van der Waals surface area contributed by atoms with Gasteiger partial charge in [-0.05, 0) is 31.9 Å². The second-order valence-corrected chi connectivity index (χ2v) is 6.03. The topological polar surface area (TPSA) is 105 Å². The maximum absolute atomic E-state index is 12.3. The number of hydrogen-bond acceptors (Lipinski definition) is 5. The fourth-order valence-corrected chi connectivity index (χ4v) is 3.09. The third kappa shape index (κ3) is 3.15. The monoisotopic (exact) mass is 329 g/mol. The number of rotatable bonds is 5. The van der Waals surface area contributed by atoms with Crippen molar-refractivity contribution in [2.75, 3.05) is 0 Å². The average Bonchev–Trinajstić information content (AvgIpc) is 3.25. The number of hydrogen-bond donors (Lipinski definition) is 2. The van der Waals surface area contributed by atoms with Gasteiger partial charge in [-0.25, -0.2) is 4.79 Å². The van der Waals surface area contributed by atoms with Crippen molar-refractivity contribution >= 4 is 11.9 Å². The quantitative estimate of drug-likeness (QED) is 0.874. The molecule has 2 heterocycles. The summed E-state index contributed by atoms with van der Waals surface area (Å²) in [5.41, 5.74) is 0.731. The molecule has 2 aromatic heterocycles. The van der Waals surface area contributed by atoms with Crippen LogP contribution in [0, 0.1) is 5.92 Å². The van der Waals surface area contributed by atoms with Crippen LogP contribution in [0.1, 0.15) is 54.8 Å². The Hall–Kier alpha value is -2.70. The predicted octanol–water partition coefficient (Wildman–Crippen LogP) is 2.80. The molecule has 2 aromatic rings. The maximum Gasteiger partial charge on any atom is 0.341 e. The number of carbonyl (C=O) groups is 2. The molecule has 126 valence electrons. The van der Waals surface area contributed by atoms with Crippen LogP contribution in [0.5, 0.6) is 0 Å². The van der Waals surface area contributed by atoms with Crippen LogP contribution in [0.4, 0.5) is 0 Å². The SMILES string of the molecule is C[C@@H](NC(=O)C1CCCC1)c1onc(-c2cccnc2)c1C(=O)O. The molecular formula is C17H19N3O4. The summed E-state index contributed by atoms with van der Waals surface area (Å²) in [6, 6.07) is 2.84. The first-order valence-electron chi connectivity index (χ1n) is 8.01. The molecule has 24 heavy (non-hydrogen) atoms. The minimum absolute atomic E-state index is 0.00134. The van der Waals surface area contributed by atoms with Gasteiger partial charge in [0.25, 0.3) is 0 Å². The predicted molar refractivity (Wildman–Crippen MR) is 85.2 cm³/mol. The largest absolute Gasteiger partial charge is 0.477 e. The minimum atomic E-state index is -1.15. The molecule has 1 fully saturated rings. The molecule has 0 aliphatic heterocycles. The molecule has 7 nitrogen and oxygen atoms in total. The first-order valence-corrected chi connectivity index (χ1v) is 8.01. The van der Waals surface area contributed by atoms with Gasteiger partial charge in [0, 0.05) is 23.9 Å². The summed E-state index contributed by atoms with van der Waals surface area (Å²) >= 11 is 0. The number of aromatic carboxylic acids is 1. The third-order valence-corrected chi connectivity index (χ3v) is 4.35. The van der Waals surface area contributed by atoms with E-state index in [2.05, 4.69) is 15.5 Å². The van der Waals surface area contributed by atoms with Crippen molar-refractivity contribution in [2.45, 2.75) is 38.6 Å². The lowest BCUT2D eigenvalue weighted by Crippen LogP contribution is -2.32. The van der Waals surface area contributed by atoms with E-state index in [1.807, 2.05) is 0 Å². The summed E-state index contributed by atoms with van der Waals surface area (Å²) in [4.78, 5) is 27.9. The molecule has 1 aliphatic carbocycles. The Kier molecular flexibility index (Phi) is 4.59. The smallest absolute Gasteiger partial charge is 0.341 e. The molecule has 0 bridgehead atoms. The number of carboxylic acid groups (broad SMARTS) is 1. The molecule has 3 rings (SSSR count). The number of carboxylic acids is 1. The van der Waals surface area contributed by atoms with Crippen molar-refractivity contribution in [2.24, 2.45) is 5.92 Å². The van der Waals surface area contributed by atoms with E-state index in [4.69, 9.17) is 4.52 Å². The van der Waals surface area contributed by atoms with Crippen molar-refractivity contribution in [1.29, 1.82) is 0 Å². The lowest BCUT2D eigenvalue weighted by molar-refractivity contribution is -0.125. The standard InChI is InChI=1S/C17H19N3O4/c1-10(19-16(21)11-5-2-3-6-11)15-13(17(22)23)14(20-24-15)12-7-4-8-18-9-12/h4,7-11H,2-3,5-6H2,1H3,(H,19,21)(H,22,23)/t10-/m1/s1. The van der Waals surface area contributed by atoms with Crippen LogP contribution in [0.2, 0.25) is 0 Å². The zero-order chi connectivity index (χ0) is 17.1. The summed E-state index contributed by atoms with van der Waals surface area (Å²) in [7, 11) is 0. The highest BCUT2D eigenvalue weighted by atomic mass is 16.5. The number of nitrogens with one attached hydrogen (secondary N) is 1. The zero-order valence-electron chi connectivity index (χ0n) is 13.4. The van der Waals surface area contributed by atoms with Gasteiger partial charge in [-0.3, -0.25) is 9.78 Å². The highest BCUT2D eigenvalue weighted by Crippen LogP contribution is 2.30. The van der Waals surface area contributed by atoms with Crippen LogP contribution in [0.25, 0.3) is 11.3 Å². The van der Waals surface area contributed by atoms with Gasteiger partial charge in [-0.2, -0.15) is 0 Å². The van der Waals surface area contributed by atoms with E-state index >= 15 is 0 Å². The average molecular weight is 329 g/mol. The normalized spacial score (nSPS) is 16.0. The molecule has 0 radical (unpaired) electrons. The van der Waals surface area contributed by atoms with E-state index in [0.717, 1.165) is 25.7 Å². The Bertz CT molecular complexity index is 736. The molecule has 7 heteroatoms. The van der Waals surface area contributed by atoms with Crippen molar-refractivity contribution in [3.05, 3.63) is 35.9 Å². The molecule has 0 unspecified atom stereocenters. The first-order chi connectivity index (χ1) is 11.6. The summed E-state index contributed by atoms with van der Waals surface area (Å²) in [5, 5.41) is 16.3. The highest BCUT2D eigenvalue weighted by Gasteiger charge is 2.30. The fourth-order valence-electron chi connectivity index (χ4n) is 3.09. The Morgan fingerprint density at radius 2 is 2.12 bits per heavy atom. The number of aromatic nitrogens is 2. The minimum Gasteiger partial charge on any atom is -0.477 e. The Morgan fingerprint density at radius 3 is 2.75 bits per heavy atom. The van der Waals surface area contributed by atoms with Gasteiger partial charge in [-0.15, -0.1) is 0 Å². The van der Waals surface area contributed by atoms with E-state index < -0.39 is 12.0 Å². The maximum atomic E-state index is 12.3. The molecule has 1 amide bonds. The van der Waals surface area contributed by atoms with Crippen LogP contribution in [-0.4, -0.2) is 27.1 Å². The summed E-state index contributed by atoms with van der Waals surface area (Å²) in [6.45, 7) is 1.70. The molecule has 1 aliphatic rings. The van der Waals surface area contributed by atoms with Crippen molar-refractivity contribution < 1.29 is 19.2 Å². The van der Waals surface area contributed by atoms with E-state index in [-0.39, 0.29) is 28.8 Å². The Labute approximate surface area is 139 Å². The van der Waals surface area contributed by atoms with Crippen LogP contribution in [0.15, 0.2) is 29.0 Å². The van der Waals surface area contributed by atoms with E-state index in [1.165, 1.54) is 6.20 Å². The Balaban J connectivity index is 1.86. The molecule has 1 saturated carbocycles. The lowest BCUT2D eigenvalue weighted by Gasteiger charge is -2.15. The van der Waals surface area contributed by atoms with Gasteiger partial charge in [0.05, 0.1) is 6.04 Å². The second kappa shape index (κ2) is 6.82. The number of pyridine rings is 1. The molecule has 0 aromatic carbocycles. The zero-order valence-corrected chi connectivity index (χ0v) is 13.4. The molecular weight excluding hydrogens is 310 g/mol.